The molecule has 8 nitrogen and oxygen atoms in total. The molecule has 0 fully saturated rings. The van der Waals surface area contributed by atoms with Gasteiger partial charge in [-0.05, 0) is 48.5 Å². The van der Waals surface area contributed by atoms with E-state index in [0.29, 0.717) is 11.4 Å². The molecule has 130 valence electrons. The fraction of sp³-hybridized carbons (Fsp3) is 0. The predicted molar refractivity (Wildman–Crippen MR) is 81.3 cm³/mol. The van der Waals surface area contributed by atoms with E-state index in [4.69, 9.17) is 20.6 Å². The van der Waals surface area contributed by atoms with Crippen LogP contribution in [0.25, 0.3) is 0 Å². The second-order valence-electron chi connectivity index (χ2n) is 4.09. The third kappa shape index (κ3) is 7.58. The van der Waals surface area contributed by atoms with Gasteiger partial charge in [-0.2, -0.15) is 16.8 Å². The van der Waals surface area contributed by atoms with Crippen LogP contribution in [-0.2, 0) is 41.3 Å². The van der Waals surface area contributed by atoms with E-state index in [1.807, 2.05) is 0 Å². The molecule has 0 spiro atoms. The number of nitrogens with two attached hydrogens (primary N) is 2. The summed E-state index contributed by atoms with van der Waals surface area (Å²) in [5.41, 5.74) is 11.5. The maximum atomic E-state index is 10.5. The van der Waals surface area contributed by atoms with Gasteiger partial charge in [0.2, 0.25) is 0 Å². The summed E-state index contributed by atoms with van der Waals surface area (Å²) >= 11 is 0. The SMILES string of the molecule is Nc1ccc(S(=O)(=O)O)cc1.Nc1ccc(S(=O)(=O)O)cc1.[Pt]. The van der Waals surface area contributed by atoms with Crippen molar-refractivity contribution in [3.05, 3.63) is 48.5 Å². The maximum absolute atomic E-state index is 10.5. The van der Waals surface area contributed by atoms with Crippen LogP contribution < -0.4 is 11.5 Å². The molecule has 6 N–H and O–H groups in total. The zero-order valence-electron chi connectivity index (χ0n) is 11.4. The third-order valence-corrected chi connectivity index (χ3v) is 4.09. The van der Waals surface area contributed by atoms with Gasteiger partial charge in [-0.3, -0.25) is 9.11 Å². The first-order chi connectivity index (χ1) is 10.00. The number of hydrogen-bond acceptors (Lipinski definition) is 6. The van der Waals surface area contributed by atoms with Crippen molar-refractivity contribution >= 4 is 31.6 Å². The van der Waals surface area contributed by atoms with Gasteiger partial charge in [-0.15, -0.1) is 0 Å². The van der Waals surface area contributed by atoms with Crippen molar-refractivity contribution in [3.63, 3.8) is 0 Å². The first kappa shape index (κ1) is 21.5. The Hall–Kier alpha value is -1.45. The van der Waals surface area contributed by atoms with Crippen LogP contribution in [0.5, 0.6) is 0 Å². The van der Waals surface area contributed by atoms with Gasteiger partial charge in [0, 0.05) is 32.4 Å². The normalized spacial score (nSPS) is 10.9. The smallest absolute Gasteiger partial charge is 0.294 e. The molecule has 2 aromatic rings. The Balaban J connectivity index is 0.000000403. The molecular weight excluding hydrogens is 527 g/mol. The van der Waals surface area contributed by atoms with E-state index in [1.165, 1.54) is 48.5 Å². The summed E-state index contributed by atoms with van der Waals surface area (Å²) in [6.07, 6.45) is 0. The van der Waals surface area contributed by atoms with Gasteiger partial charge in [0.15, 0.2) is 0 Å². The van der Waals surface area contributed by atoms with E-state index in [0.717, 1.165) is 0 Å². The topological polar surface area (TPSA) is 161 Å². The molecule has 0 aliphatic heterocycles. The minimum atomic E-state index is -4.08. The van der Waals surface area contributed by atoms with Crippen LogP contribution in [-0.4, -0.2) is 25.9 Å². The van der Waals surface area contributed by atoms with E-state index >= 15 is 0 Å². The summed E-state index contributed by atoms with van der Waals surface area (Å²) in [6, 6.07) is 10.6. The van der Waals surface area contributed by atoms with Crippen LogP contribution in [0.4, 0.5) is 11.4 Å². The Morgan fingerprint density at radius 3 is 1.00 bits per heavy atom. The number of rotatable bonds is 2. The van der Waals surface area contributed by atoms with Crippen molar-refractivity contribution in [2.45, 2.75) is 9.79 Å². The van der Waals surface area contributed by atoms with E-state index in [9.17, 15) is 16.8 Å². The zero-order chi connectivity index (χ0) is 17.0. The molecule has 0 saturated heterocycles. The molecule has 0 amide bonds. The molecule has 0 radical (unpaired) electrons. The second-order valence-corrected chi connectivity index (χ2v) is 6.93. The van der Waals surface area contributed by atoms with E-state index in [2.05, 4.69) is 0 Å². The Labute approximate surface area is 148 Å². The molecule has 2 aromatic carbocycles. The van der Waals surface area contributed by atoms with Crippen LogP contribution >= 0.6 is 0 Å². The second kappa shape index (κ2) is 8.41. The quantitative estimate of drug-likeness (QED) is 0.324. The van der Waals surface area contributed by atoms with Crippen molar-refractivity contribution in [1.29, 1.82) is 0 Å². The van der Waals surface area contributed by atoms with Crippen molar-refractivity contribution in [1.82, 2.24) is 0 Å². The average Bonchev–Trinajstić information content (AvgIpc) is 2.38. The van der Waals surface area contributed by atoms with Crippen molar-refractivity contribution < 1.29 is 47.0 Å². The Kier molecular flexibility index (Phi) is 7.88. The summed E-state index contributed by atoms with van der Waals surface area (Å²) in [5, 5.41) is 0. The van der Waals surface area contributed by atoms with Crippen molar-refractivity contribution in [2.75, 3.05) is 11.5 Å². The minimum Gasteiger partial charge on any atom is -0.399 e. The van der Waals surface area contributed by atoms with Crippen molar-refractivity contribution in [3.8, 4) is 0 Å². The maximum Gasteiger partial charge on any atom is 0.294 e. The van der Waals surface area contributed by atoms with Gasteiger partial charge in [0.05, 0.1) is 9.79 Å². The molecule has 11 heteroatoms. The molecule has 0 heterocycles. The summed E-state index contributed by atoms with van der Waals surface area (Å²) in [4.78, 5) is -0.293. The molecule has 23 heavy (non-hydrogen) atoms. The first-order valence-corrected chi connectivity index (χ1v) is 8.54. The summed E-state index contributed by atoms with van der Waals surface area (Å²) in [5.74, 6) is 0. The van der Waals surface area contributed by atoms with Crippen molar-refractivity contribution in [2.24, 2.45) is 0 Å². The van der Waals surface area contributed by atoms with Gasteiger partial charge in [-0.25, -0.2) is 0 Å². The standard InChI is InChI=1S/2C6H7NO3S.Pt/c2*7-5-1-3-6(4-2-5)11(8,9)10;/h2*1-4H,7H2,(H,8,9,10);. The Bertz CT molecular complexity index is 761. The molecule has 0 unspecified atom stereocenters. The number of hydrogen-bond donors (Lipinski definition) is 4. The van der Waals surface area contributed by atoms with Crippen LogP contribution in [0.2, 0.25) is 0 Å². The third-order valence-electron chi connectivity index (χ3n) is 2.36. The fourth-order valence-electron chi connectivity index (χ4n) is 1.28. The fourth-order valence-corrected chi connectivity index (χ4v) is 2.24. The molecule has 2 rings (SSSR count). The van der Waals surface area contributed by atoms with Gasteiger partial charge < -0.3 is 11.5 Å². The molecule has 0 saturated carbocycles. The number of anilines is 2. The van der Waals surface area contributed by atoms with E-state index in [-0.39, 0.29) is 30.9 Å². The van der Waals surface area contributed by atoms with Gasteiger partial charge in [-0.1, -0.05) is 0 Å². The molecule has 0 aromatic heterocycles. The van der Waals surface area contributed by atoms with E-state index < -0.39 is 20.2 Å². The zero-order valence-corrected chi connectivity index (χ0v) is 15.3. The summed E-state index contributed by atoms with van der Waals surface area (Å²) in [6.45, 7) is 0. The van der Waals surface area contributed by atoms with Gasteiger partial charge >= 0.3 is 0 Å². The monoisotopic (exact) mass is 541 g/mol. The predicted octanol–water partition coefficient (Wildman–Crippen LogP) is 1.03. The summed E-state index contributed by atoms with van der Waals surface area (Å²) in [7, 11) is -8.15. The molecule has 0 aliphatic rings. The van der Waals surface area contributed by atoms with Crippen LogP contribution in [0.1, 0.15) is 0 Å². The summed E-state index contributed by atoms with van der Waals surface area (Å²) < 4.78 is 58.9. The largest absolute Gasteiger partial charge is 0.399 e. The average molecular weight is 541 g/mol. The van der Waals surface area contributed by atoms with Gasteiger partial charge in [0.1, 0.15) is 0 Å². The minimum absolute atomic E-state index is 0. The molecule has 0 atom stereocenters. The van der Waals surface area contributed by atoms with Crippen LogP contribution in [0.15, 0.2) is 58.3 Å². The van der Waals surface area contributed by atoms with Crippen LogP contribution in [0, 0.1) is 0 Å². The molecule has 0 aliphatic carbocycles. The Morgan fingerprint density at radius 1 is 0.609 bits per heavy atom. The number of benzene rings is 2. The van der Waals surface area contributed by atoms with Crippen LogP contribution in [0.3, 0.4) is 0 Å². The number of nitrogen functional groups attached to an aromatic ring is 2. The van der Waals surface area contributed by atoms with E-state index in [1.54, 1.807) is 0 Å². The molecule has 0 bridgehead atoms. The first-order valence-electron chi connectivity index (χ1n) is 5.66. The Morgan fingerprint density at radius 2 is 0.826 bits per heavy atom. The van der Waals surface area contributed by atoms with Gasteiger partial charge in [0.25, 0.3) is 20.2 Å². The molecular formula is C12H14N2O6PtS2.